The molecule has 11 heteroatoms. The normalized spacial score (nSPS) is 12.1. The first-order valence-corrected chi connectivity index (χ1v) is 14.7. The van der Waals surface area contributed by atoms with Gasteiger partial charge in [0.25, 0.3) is 0 Å². The summed E-state index contributed by atoms with van der Waals surface area (Å²) in [6.45, 7) is 1.23. The Morgan fingerprint density at radius 3 is 2.10 bits per heavy atom. The van der Waals surface area contributed by atoms with Crippen LogP contribution in [0.3, 0.4) is 0 Å². The van der Waals surface area contributed by atoms with Crippen LogP contribution >= 0.6 is 0 Å². The molecule has 0 radical (unpaired) electrons. The Hall–Kier alpha value is -3.83. The molecule has 0 heterocycles. The van der Waals surface area contributed by atoms with E-state index in [4.69, 9.17) is 0 Å². The maximum Gasteiger partial charge on any atom is 0.304 e. The molecule has 2 amide bonds. The number of halogens is 2. The van der Waals surface area contributed by atoms with E-state index in [2.05, 4.69) is 5.32 Å². The summed E-state index contributed by atoms with van der Waals surface area (Å²) in [5, 5.41) is 2.86. The lowest BCUT2D eigenvalue weighted by atomic mass is 10.0. The van der Waals surface area contributed by atoms with E-state index in [-0.39, 0.29) is 24.2 Å². The predicted molar refractivity (Wildman–Crippen MR) is 155 cm³/mol. The zero-order valence-electron chi connectivity index (χ0n) is 23.5. The quantitative estimate of drug-likeness (QED) is 0.288. The molecule has 8 nitrogen and oxygen atoms in total. The topological polar surface area (TPSA) is 90.0 Å². The highest BCUT2D eigenvalue weighted by Crippen LogP contribution is 2.24. The first-order valence-electron chi connectivity index (χ1n) is 13.4. The van der Waals surface area contributed by atoms with Gasteiger partial charge in [-0.25, -0.2) is 13.1 Å². The number of rotatable bonds is 14. The number of nitrogens with one attached hydrogen (secondary N) is 1. The maximum atomic E-state index is 14.9. The van der Waals surface area contributed by atoms with E-state index in [0.717, 1.165) is 22.4 Å². The number of hydrogen-bond acceptors (Lipinski definition) is 4. The maximum absolute atomic E-state index is 14.9. The summed E-state index contributed by atoms with van der Waals surface area (Å²) in [6, 6.07) is 19.0. The molecule has 0 aliphatic carbocycles. The highest BCUT2D eigenvalue weighted by molar-refractivity contribution is 7.90. The molecule has 0 unspecified atom stereocenters. The summed E-state index contributed by atoms with van der Waals surface area (Å²) in [6.07, 6.45) is 1.65. The minimum Gasteiger partial charge on any atom is -0.354 e. The zero-order valence-corrected chi connectivity index (χ0v) is 24.3. The Morgan fingerprint density at radius 1 is 0.878 bits per heavy atom. The molecule has 0 aliphatic rings. The van der Waals surface area contributed by atoms with Crippen LogP contribution in [-0.2, 0) is 32.8 Å². The van der Waals surface area contributed by atoms with E-state index in [9.17, 15) is 26.8 Å². The van der Waals surface area contributed by atoms with Crippen molar-refractivity contribution in [2.75, 3.05) is 31.5 Å². The van der Waals surface area contributed by atoms with Crippen molar-refractivity contribution in [2.24, 2.45) is 0 Å². The molecule has 220 valence electrons. The number of hydrogen-bond donors (Lipinski definition) is 1. The van der Waals surface area contributed by atoms with Gasteiger partial charge in [-0.2, -0.15) is 12.7 Å². The van der Waals surface area contributed by atoms with Crippen molar-refractivity contribution in [3.05, 3.63) is 102 Å². The van der Waals surface area contributed by atoms with Gasteiger partial charge in [-0.3, -0.25) is 9.59 Å². The molecular formula is C30H36F2N4O4S. The molecule has 0 aromatic heterocycles. The molecule has 0 aliphatic heterocycles. The van der Waals surface area contributed by atoms with Crippen LogP contribution in [0.4, 0.5) is 14.5 Å². The summed E-state index contributed by atoms with van der Waals surface area (Å²) in [4.78, 5) is 28.8. The Kier molecular flexibility index (Phi) is 11.4. The summed E-state index contributed by atoms with van der Waals surface area (Å²) in [5.41, 5.74) is 0.571. The molecule has 0 fully saturated rings. The summed E-state index contributed by atoms with van der Waals surface area (Å²) in [5.74, 6) is -2.68. The third kappa shape index (κ3) is 8.34. The van der Waals surface area contributed by atoms with Crippen molar-refractivity contribution in [2.45, 2.75) is 38.8 Å². The van der Waals surface area contributed by atoms with Crippen molar-refractivity contribution in [1.29, 1.82) is 0 Å². The van der Waals surface area contributed by atoms with Gasteiger partial charge in [0.1, 0.15) is 24.2 Å². The fourth-order valence-corrected chi connectivity index (χ4v) is 5.29. The molecule has 41 heavy (non-hydrogen) atoms. The number of amides is 2. The van der Waals surface area contributed by atoms with Crippen LogP contribution in [0, 0.1) is 11.6 Å². The first-order chi connectivity index (χ1) is 19.6. The highest BCUT2D eigenvalue weighted by Gasteiger charge is 2.35. The average Bonchev–Trinajstić information content (AvgIpc) is 2.95. The van der Waals surface area contributed by atoms with Gasteiger partial charge >= 0.3 is 10.2 Å². The Balaban J connectivity index is 2.09. The van der Waals surface area contributed by atoms with Gasteiger partial charge in [0.05, 0.1) is 5.69 Å². The summed E-state index contributed by atoms with van der Waals surface area (Å²) < 4.78 is 57.8. The fraction of sp³-hybridized carbons (Fsp3) is 0.333. The Bertz CT molecular complexity index is 1420. The van der Waals surface area contributed by atoms with Crippen molar-refractivity contribution >= 4 is 27.7 Å². The van der Waals surface area contributed by atoms with E-state index in [1.807, 2.05) is 13.0 Å². The van der Waals surface area contributed by atoms with E-state index >= 15 is 0 Å². The van der Waals surface area contributed by atoms with Gasteiger partial charge in [-0.05, 0) is 30.2 Å². The number of para-hydroxylation sites is 1. The summed E-state index contributed by atoms with van der Waals surface area (Å²) in [7, 11) is -1.81. The van der Waals surface area contributed by atoms with Gasteiger partial charge in [0.2, 0.25) is 11.8 Å². The van der Waals surface area contributed by atoms with E-state index < -0.39 is 46.2 Å². The summed E-state index contributed by atoms with van der Waals surface area (Å²) >= 11 is 0. The van der Waals surface area contributed by atoms with Crippen LogP contribution in [-0.4, -0.2) is 62.7 Å². The third-order valence-electron chi connectivity index (χ3n) is 6.54. The standard InChI is InChI=1S/C30H36F2N4O4S/c1-4-5-19-33-30(38)28(20-23-13-7-6-8-14-23)35(21-24-15-9-10-16-25(24)31)29(37)22-36(41(39,40)34(2)3)27-18-12-11-17-26(27)32/h6-18,28H,4-5,19-22H2,1-3H3,(H,33,38)/t28-/m0/s1. The molecule has 3 aromatic rings. The minimum atomic E-state index is -4.34. The molecule has 3 aromatic carbocycles. The first kappa shape index (κ1) is 31.7. The Morgan fingerprint density at radius 2 is 1.49 bits per heavy atom. The van der Waals surface area contributed by atoms with Crippen LogP contribution in [0.5, 0.6) is 0 Å². The molecule has 1 N–H and O–H groups in total. The molecule has 0 spiro atoms. The molecule has 0 bridgehead atoms. The number of anilines is 1. The molecule has 0 saturated heterocycles. The monoisotopic (exact) mass is 586 g/mol. The molecule has 1 atom stereocenters. The van der Waals surface area contributed by atoms with E-state index in [0.29, 0.717) is 17.3 Å². The van der Waals surface area contributed by atoms with Crippen molar-refractivity contribution in [1.82, 2.24) is 14.5 Å². The Labute approximate surface area is 240 Å². The molecular weight excluding hydrogens is 550 g/mol. The average molecular weight is 587 g/mol. The highest BCUT2D eigenvalue weighted by atomic mass is 32.2. The number of carbonyl (C=O) groups excluding carboxylic acids is 2. The van der Waals surface area contributed by atoms with Crippen LogP contribution in [0.25, 0.3) is 0 Å². The second-order valence-corrected chi connectivity index (χ2v) is 11.8. The number of benzene rings is 3. The second-order valence-electron chi connectivity index (χ2n) is 9.71. The molecule has 0 saturated carbocycles. The third-order valence-corrected chi connectivity index (χ3v) is 8.34. The SMILES string of the molecule is CCCCNC(=O)[C@H](Cc1ccccc1)N(Cc1ccccc1F)C(=O)CN(c1ccccc1F)S(=O)(=O)N(C)C. The molecule has 3 rings (SSSR count). The lowest BCUT2D eigenvalue weighted by molar-refractivity contribution is -0.140. The van der Waals surface area contributed by atoms with E-state index in [1.165, 1.54) is 55.4 Å². The zero-order chi connectivity index (χ0) is 30.0. The number of nitrogens with zero attached hydrogens (tertiary/aromatic N) is 3. The lowest BCUT2D eigenvalue weighted by Gasteiger charge is -2.34. The van der Waals surface area contributed by atoms with E-state index in [1.54, 1.807) is 30.3 Å². The van der Waals surface area contributed by atoms with Gasteiger partial charge in [0.15, 0.2) is 0 Å². The fourth-order valence-electron chi connectivity index (χ4n) is 4.23. The van der Waals surface area contributed by atoms with Gasteiger partial charge in [-0.15, -0.1) is 0 Å². The van der Waals surface area contributed by atoms with Crippen molar-refractivity contribution in [3.63, 3.8) is 0 Å². The van der Waals surface area contributed by atoms with Crippen LogP contribution in [0.15, 0.2) is 78.9 Å². The number of unbranched alkanes of at least 4 members (excludes halogenated alkanes) is 1. The smallest absolute Gasteiger partial charge is 0.304 e. The van der Waals surface area contributed by atoms with Crippen molar-refractivity contribution < 1.29 is 26.8 Å². The predicted octanol–water partition coefficient (Wildman–Crippen LogP) is 4.13. The van der Waals surface area contributed by atoms with Gasteiger partial charge < -0.3 is 10.2 Å². The van der Waals surface area contributed by atoms with Gasteiger partial charge in [-0.1, -0.05) is 74.0 Å². The number of carbonyl (C=O) groups is 2. The van der Waals surface area contributed by atoms with Crippen molar-refractivity contribution in [3.8, 4) is 0 Å². The second kappa shape index (κ2) is 14.7. The van der Waals surface area contributed by atoms with Crippen LogP contribution < -0.4 is 9.62 Å². The lowest BCUT2D eigenvalue weighted by Crippen LogP contribution is -2.54. The van der Waals surface area contributed by atoms with Crippen LogP contribution in [0.1, 0.15) is 30.9 Å². The van der Waals surface area contributed by atoms with Crippen LogP contribution in [0.2, 0.25) is 0 Å². The van der Waals surface area contributed by atoms with Gasteiger partial charge in [0, 0.05) is 39.2 Å². The largest absolute Gasteiger partial charge is 0.354 e. The minimum absolute atomic E-state index is 0.0963.